The molecule has 0 saturated carbocycles. The average Bonchev–Trinajstić information content (AvgIpc) is 2.71. The van der Waals surface area contributed by atoms with E-state index in [1.165, 1.54) is 12.1 Å². The molecule has 9 heteroatoms. The first-order valence-corrected chi connectivity index (χ1v) is 9.02. The van der Waals surface area contributed by atoms with Crippen LogP contribution in [0.3, 0.4) is 0 Å². The first kappa shape index (κ1) is 19.0. The number of hydrogen-bond donors (Lipinski definition) is 1. The van der Waals surface area contributed by atoms with Gasteiger partial charge in [0.25, 0.3) is 11.5 Å². The van der Waals surface area contributed by atoms with Gasteiger partial charge in [0.15, 0.2) is 11.6 Å². The molecular weight excluding hydrogens is 380 g/mol. The summed E-state index contributed by atoms with van der Waals surface area (Å²) >= 11 is 0. The Balaban J connectivity index is 1.47. The summed E-state index contributed by atoms with van der Waals surface area (Å²) in [6, 6.07) is 7.77. The number of aryl methyl sites for hydroxylation is 1. The van der Waals surface area contributed by atoms with Crippen LogP contribution in [0.4, 0.5) is 8.78 Å². The number of likely N-dealkylation sites (tertiary alicyclic amines) is 1. The third-order valence-corrected chi connectivity index (χ3v) is 5.16. The van der Waals surface area contributed by atoms with Crippen LogP contribution in [0.15, 0.2) is 29.1 Å². The summed E-state index contributed by atoms with van der Waals surface area (Å²) in [6.45, 7) is 4.25. The number of aromatic nitrogens is 3. The molecule has 1 N–H and O–H groups in total. The maximum atomic E-state index is 14.8. The zero-order valence-electron chi connectivity index (χ0n) is 15.7. The van der Waals surface area contributed by atoms with E-state index < -0.39 is 17.3 Å². The van der Waals surface area contributed by atoms with Gasteiger partial charge in [0.1, 0.15) is 29.1 Å². The Labute approximate surface area is 164 Å². The molecular formula is C20H17F2N5O2. The van der Waals surface area contributed by atoms with E-state index >= 15 is 0 Å². The molecule has 1 aromatic carbocycles. The van der Waals surface area contributed by atoms with Gasteiger partial charge < -0.3 is 9.72 Å². The summed E-state index contributed by atoms with van der Waals surface area (Å²) in [4.78, 5) is 23.9. The fourth-order valence-electron chi connectivity index (χ4n) is 3.32. The van der Waals surface area contributed by atoms with Gasteiger partial charge in [-0.05, 0) is 32.0 Å². The van der Waals surface area contributed by atoms with Gasteiger partial charge >= 0.3 is 0 Å². The van der Waals surface area contributed by atoms with Gasteiger partial charge in [0, 0.05) is 24.7 Å². The van der Waals surface area contributed by atoms with Crippen LogP contribution in [0.5, 0.6) is 5.75 Å². The molecule has 29 heavy (non-hydrogen) atoms. The third kappa shape index (κ3) is 3.43. The van der Waals surface area contributed by atoms with E-state index in [-0.39, 0.29) is 34.8 Å². The van der Waals surface area contributed by atoms with E-state index in [2.05, 4.69) is 15.0 Å². The van der Waals surface area contributed by atoms with Gasteiger partial charge in [-0.3, -0.25) is 9.69 Å². The van der Waals surface area contributed by atoms with Crippen molar-refractivity contribution in [2.24, 2.45) is 0 Å². The van der Waals surface area contributed by atoms with E-state index in [1.54, 1.807) is 25.1 Å². The van der Waals surface area contributed by atoms with Crippen LogP contribution in [-0.2, 0) is 6.54 Å². The van der Waals surface area contributed by atoms with Crippen LogP contribution in [0.1, 0.15) is 23.9 Å². The lowest BCUT2D eigenvalue weighted by Gasteiger charge is -2.45. The number of halogens is 2. The molecule has 3 heterocycles. The van der Waals surface area contributed by atoms with Crippen molar-refractivity contribution in [3.05, 3.63) is 63.3 Å². The van der Waals surface area contributed by atoms with Gasteiger partial charge in [0.05, 0.1) is 5.52 Å². The summed E-state index contributed by atoms with van der Waals surface area (Å²) < 4.78 is 34.4. The first-order valence-electron chi connectivity index (χ1n) is 9.02. The quantitative estimate of drug-likeness (QED) is 0.680. The van der Waals surface area contributed by atoms with Crippen LogP contribution in [-0.4, -0.2) is 38.5 Å². The Morgan fingerprint density at radius 1 is 1.31 bits per heavy atom. The zero-order valence-corrected chi connectivity index (χ0v) is 15.7. The summed E-state index contributed by atoms with van der Waals surface area (Å²) in [7, 11) is 0. The van der Waals surface area contributed by atoms with Crippen molar-refractivity contribution in [1.29, 1.82) is 5.26 Å². The highest BCUT2D eigenvalue weighted by atomic mass is 19.1. The smallest absolute Gasteiger partial charge is 0.269 e. The SMILES string of the molecule is Cc1nc2ccc(CN3C[C@H](Oc4ccc(C#N)nc4F)[C@H]3C)c(F)c2[nH]c1=O. The van der Waals surface area contributed by atoms with Crippen LogP contribution in [0.2, 0.25) is 0 Å². The van der Waals surface area contributed by atoms with Crippen molar-refractivity contribution in [2.75, 3.05) is 6.54 Å². The minimum atomic E-state index is -0.831. The van der Waals surface area contributed by atoms with E-state index in [1.807, 2.05) is 11.8 Å². The molecule has 0 amide bonds. The summed E-state index contributed by atoms with van der Waals surface area (Å²) in [6.07, 6.45) is -0.285. The van der Waals surface area contributed by atoms with Crippen LogP contribution < -0.4 is 10.3 Å². The number of pyridine rings is 1. The van der Waals surface area contributed by atoms with Crippen LogP contribution >= 0.6 is 0 Å². The number of aromatic amines is 1. The van der Waals surface area contributed by atoms with E-state index in [0.717, 1.165) is 0 Å². The number of ether oxygens (including phenoxy) is 1. The Bertz CT molecular complexity index is 1200. The molecule has 1 fully saturated rings. The normalized spacial score (nSPS) is 19.0. The number of nitrogens with zero attached hydrogens (tertiary/aromatic N) is 4. The molecule has 0 spiro atoms. The van der Waals surface area contributed by atoms with Gasteiger partial charge in [0.2, 0.25) is 0 Å². The number of nitriles is 1. The number of hydrogen-bond acceptors (Lipinski definition) is 6. The minimum Gasteiger partial charge on any atom is -0.483 e. The Hall–Kier alpha value is -3.38. The average molecular weight is 397 g/mol. The van der Waals surface area contributed by atoms with Crippen molar-refractivity contribution in [1.82, 2.24) is 19.9 Å². The van der Waals surface area contributed by atoms with Crippen LogP contribution in [0.25, 0.3) is 11.0 Å². The second kappa shape index (κ2) is 7.22. The molecule has 4 rings (SSSR count). The molecule has 2 atom stereocenters. The molecule has 0 radical (unpaired) electrons. The van der Waals surface area contributed by atoms with Crippen molar-refractivity contribution in [3.8, 4) is 11.8 Å². The topological polar surface area (TPSA) is 94.9 Å². The minimum absolute atomic E-state index is 0.0172. The molecule has 1 aliphatic rings. The second-order valence-corrected chi connectivity index (χ2v) is 7.01. The lowest BCUT2D eigenvalue weighted by Crippen LogP contribution is -2.60. The standard InChI is InChI=1S/C20H17F2N5O2/c1-10-20(28)26-18-14(24-10)5-3-12(17(18)21)8-27-9-16(11(27)2)29-15-6-4-13(7-23)25-19(15)22/h3-6,11,16H,8-9H2,1-2H3,(H,26,28)/t11-,16+/m1/s1. The molecule has 7 nitrogen and oxygen atoms in total. The lowest BCUT2D eigenvalue weighted by molar-refractivity contribution is -0.0437. The highest BCUT2D eigenvalue weighted by molar-refractivity contribution is 5.75. The molecule has 1 aliphatic heterocycles. The predicted molar refractivity (Wildman–Crippen MR) is 100 cm³/mol. The zero-order chi connectivity index (χ0) is 20.7. The fraction of sp³-hybridized carbons (Fsp3) is 0.300. The Kier molecular flexibility index (Phi) is 4.72. The number of H-pyrrole nitrogens is 1. The number of fused-ring (bicyclic) bond motifs is 1. The molecule has 2 aromatic heterocycles. The second-order valence-electron chi connectivity index (χ2n) is 7.01. The summed E-state index contributed by atoms with van der Waals surface area (Å²) in [5, 5.41) is 8.75. The Morgan fingerprint density at radius 2 is 2.10 bits per heavy atom. The van der Waals surface area contributed by atoms with Crippen molar-refractivity contribution < 1.29 is 13.5 Å². The molecule has 1 saturated heterocycles. The summed E-state index contributed by atoms with van der Waals surface area (Å²) in [5.74, 6) is -1.36. The summed E-state index contributed by atoms with van der Waals surface area (Å²) in [5.41, 5.74) is 0.751. The number of benzene rings is 1. The van der Waals surface area contributed by atoms with Gasteiger partial charge in [-0.15, -0.1) is 0 Å². The largest absolute Gasteiger partial charge is 0.483 e. The van der Waals surface area contributed by atoms with Crippen molar-refractivity contribution in [3.63, 3.8) is 0 Å². The highest BCUT2D eigenvalue weighted by Gasteiger charge is 2.38. The maximum absolute atomic E-state index is 14.8. The van der Waals surface area contributed by atoms with Crippen LogP contribution in [0, 0.1) is 30.0 Å². The lowest BCUT2D eigenvalue weighted by atomic mass is 9.99. The van der Waals surface area contributed by atoms with Gasteiger partial charge in [-0.25, -0.2) is 14.4 Å². The molecule has 0 unspecified atom stereocenters. The number of rotatable bonds is 4. The molecule has 3 aromatic rings. The monoisotopic (exact) mass is 397 g/mol. The first-order chi connectivity index (χ1) is 13.9. The number of nitrogens with one attached hydrogen (secondary N) is 1. The molecule has 0 aliphatic carbocycles. The van der Waals surface area contributed by atoms with E-state index in [4.69, 9.17) is 10.00 Å². The third-order valence-electron chi connectivity index (χ3n) is 5.16. The van der Waals surface area contributed by atoms with Crippen molar-refractivity contribution in [2.45, 2.75) is 32.5 Å². The predicted octanol–water partition coefficient (Wildman–Crippen LogP) is 2.43. The maximum Gasteiger partial charge on any atom is 0.269 e. The van der Waals surface area contributed by atoms with Crippen molar-refractivity contribution >= 4 is 11.0 Å². The van der Waals surface area contributed by atoms with Gasteiger partial charge in [-0.2, -0.15) is 9.65 Å². The van der Waals surface area contributed by atoms with Gasteiger partial charge in [-0.1, -0.05) is 6.07 Å². The van der Waals surface area contributed by atoms with E-state index in [9.17, 15) is 13.6 Å². The molecule has 148 valence electrons. The molecule has 0 bridgehead atoms. The Morgan fingerprint density at radius 3 is 2.79 bits per heavy atom. The fourth-order valence-corrected chi connectivity index (χ4v) is 3.32. The van der Waals surface area contributed by atoms with E-state index in [0.29, 0.717) is 24.2 Å². The highest BCUT2D eigenvalue weighted by Crippen LogP contribution is 2.28.